The third kappa shape index (κ3) is 2.96. The minimum absolute atomic E-state index is 0.0287. The first kappa shape index (κ1) is 17.6. The highest BCUT2D eigenvalue weighted by atomic mass is 19.4. The van der Waals surface area contributed by atoms with Crippen molar-refractivity contribution in [1.82, 2.24) is 14.8 Å². The molecule has 142 valence electrons. The molecule has 2 heterocycles. The minimum Gasteiger partial charge on any atom is -0.366 e. The Morgan fingerprint density at radius 1 is 1.22 bits per heavy atom. The van der Waals surface area contributed by atoms with E-state index in [2.05, 4.69) is 15.4 Å². The van der Waals surface area contributed by atoms with Gasteiger partial charge in [-0.2, -0.15) is 18.2 Å². The number of hydrogen-bond donors (Lipinski definition) is 2. The number of carbonyl (C=O) groups excluding carboxylic acids is 1. The number of rotatable bonds is 1. The molecule has 4 rings (SSSR count). The fourth-order valence-electron chi connectivity index (χ4n) is 3.79. The van der Waals surface area contributed by atoms with Crippen molar-refractivity contribution < 1.29 is 18.0 Å². The van der Waals surface area contributed by atoms with Gasteiger partial charge in [0.25, 0.3) is 0 Å². The number of alkyl halides is 3. The molecule has 1 atom stereocenters. The van der Waals surface area contributed by atoms with E-state index in [0.29, 0.717) is 29.9 Å². The predicted octanol–water partition coefficient (Wildman–Crippen LogP) is 3.54. The summed E-state index contributed by atoms with van der Waals surface area (Å²) in [5.41, 5.74) is 6.51. The molecule has 0 saturated carbocycles. The number of hydrogen-bond acceptors (Lipinski definition) is 5. The Morgan fingerprint density at radius 3 is 2.52 bits per heavy atom. The third-order valence-corrected chi connectivity index (χ3v) is 4.90. The Morgan fingerprint density at radius 2 is 1.89 bits per heavy atom. The number of ketones is 1. The molecular formula is C18H18F3N5O. The lowest BCUT2D eigenvalue weighted by molar-refractivity contribution is -0.137. The van der Waals surface area contributed by atoms with E-state index in [1.807, 2.05) is 13.8 Å². The molecule has 1 aliphatic carbocycles. The summed E-state index contributed by atoms with van der Waals surface area (Å²) in [5.74, 6) is 0.348. The van der Waals surface area contributed by atoms with Crippen LogP contribution in [0.3, 0.4) is 0 Å². The Bertz CT molecular complexity index is 956. The maximum Gasteiger partial charge on any atom is 0.416 e. The van der Waals surface area contributed by atoms with Gasteiger partial charge in [-0.3, -0.25) is 4.79 Å². The zero-order valence-electron chi connectivity index (χ0n) is 14.8. The van der Waals surface area contributed by atoms with E-state index >= 15 is 0 Å². The number of nitrogens with zero attached hydrogens (tertiary/aromatic N) is 3. The molecule has 27 heavy (non-hydrogen) atoms. The second-order valence-corrected chi connectivity index (χ2v) is 7.72. The van der Waals surface area contributed by atoms with Crippen molar-refractivity contribution in [1.29, 1.82) is 0 Å². The van der Waals surface area contributed by atoms with Crippen molar-refractivity contribution in [2.75, 3.05) is 11.1 Å². The number of anilines is 2. The van der Waals surface area contributed by atoms with Crippen LogP contribution in [-0.2, 0) is 11.0 Å². The fourth-order valence-corrected chi connectivity index (χ4v) is 3.79. The number of fused-ring (bicyclic) bond motifs is 1. The Kier molecular flexibility index (Phi) is 3.63. The molecule has 6 nitrogen and oxygen atoms in total. The first-order valence-electron chi connectivity index (χ1n) is 8.48. The van der Waals surface area contributed by atoms with Crippen molar-refractivity contribution in [2.24, 2.45) is 5.41 Å². The van der Waals surface area contributed by atoms with E-state index in [-0.39, 0.29) is 17.1 Å². The van der Waals surface area contributed by atoms with Gasteiger partial charge in [0.1, 0.15) is 6.04 Å². The molecule has 0 unspecified atom stereocenters. The summed E-state index contributed by atoms with van der Waals surface area (Å²) in [6, 6.07) is 4.10. The van der Waals surface area contributed by atoms with Gasteiger partial charge in [-0.25, -0.2) is 4.68 Å². The number of aromatic nitrogens is 3. The number of allylic oxidation sites excluding steroid dienone is 2. The summed E-state index contributed by atoms with van der Waals surface area (Å²) in [5, 5.41) is 7.28. The monoisotopic (exact) mass is 377 g/mol. The van der Waals surface area contributed by atoms with Crippen LogP contribution in [0.1, 0.15) is 43.9 Å². The normalized spacial score (nSPS) is 21.5. The van der Waals surface area contributed by atoms with Crippen LogP contribution in [-0.4, -0.2) is 20.5 Å². The molecule has 3 N–H and O–H groups in total. The lowest BCUT2D eigenvalue weighted by atomic mass is 9.73. The lowest BCUT2D eigenvalue weighted by Gasteiger charge is -2.38. The van der Waals surface area contributed by atoms with Crippen molar-refractivity contribution in [3.05, 3.63) is 46.7 Å². The standard InChI is InChI=1S/C18H18F3N5O/c1-17(2)7-11-13(12(27)8-17)14(26-16(23-11)24-15(22)25-26)9-3-5-10(6-4-9)18(19,20)21/h3-6,14H,7-8H2,1-2H3,(H3,22,23,24,25)/t14-/m1/s1. The van der Waals surface area contributed by atoms with Crippen LogP contribution < -0.4 is 11.1 Å². The molecule has 0 radical (unpaired) electrons. The molecule has 1 aliphatic heterocycles. The van der Waals surface area contributed by atoms with Crippen molar-refractivity contribution >= 4 is 17.7 Å². The van der Waals surface area contributed by atoms with Crippen molar-refractivity contribution in [3.63, 3.8) is 0 Å². The van der Waals surface area contributed by atoms with E-state index in [1.54, 1.807) is 0 Å². The van der Waals surface area contributed by atoms with E-state index in [1.165, 1.54) is 16.8 Å². The summed E-state index contributed by atoms with van der Waals surface area (Å²) < 4.78 is 40.2. The number of benzene rings is 1. The summed E-state index contributed by atoms with van der Waals surface area (Å²) in [6.45, 7) is 3.99. The van der Waals surface area contributed by atoms with Gasteiger partial charge in [0.05, 0.1) is 5.56 Å². The molecule has 0 spiro atoms. The van der Waals surface area contributed by atoms with E-state index < -0.39 is 17.8 Å². The minimum atomic E-state index is -4.43. The number of nitrogen functional groups attached to an aromatic ring is 1. The van der Waals surface area contributed by atoms with Gasteiger partial charge in [0.15, 0.2) is 5.78 Å². The Hall–Kier alpha value is -2.84. The number of carbonyl (C=O) groups is 1. The van der Waals surface area contributed by atoms with Crippen LogP contribution in [0.25, 0.3) is 0 Å². The Balaban J connectivity index is 1.85. The molecule has 2 aliphatic rings. The van der Waals surface area contributed by atoms with Crippen LogP contribution in [0.2, 0.25) is 0 Å². The average molecular weight is 377 g/mol. The van der Waals surface area contributed by atoms with Crippen LogP contribution in [0, 0.1) is 5.41 Å². The molecule has 1 aromatic carbocycles. The SMILES string of the molecule is CC1(C)CC(=O)C2=C(C1)Nc1nc(N)nn1[C@@H]2c1ccc(C(F)(F)F)cc1. The van der Waals surface area contributed by atoms with Crippen molar-refractivity contribution in [3.8, 4) is 0 Å². The molecule has 0 saturated heterocycles. The number of nitrogens with two attached hydrogens (primary N) is 1. The maximum atomic E-state index is 12.9. The van der Waals surface area contributed by atoms with Gasteiger partial charge in [0.2, 0.25) is 11.9 Å². The van der Waals surface area contributed by atoms with E-state index in [4.69, 9.17) is 5.73 Å². The van der Waals surface area contributed by atoms with Gasteiger partial charge >= 0.3 is 6.18 Å². The van der Waals surface area contributed by atoms with Gasteiger partial charge in [-0.1, -0.05) is 26.0 Å². The molecule has 0 fully saturated rings. The summed E-state index contributed by atoms with van der Waals surface area (Å²) in [4.78, 5) is 17.0. The van der Waals surface area contributed by atoms with Crippen LogP contribution in [0.4, 0.5) is 25.1 Å². The van der Waals surface area contributed by atoms with Crippen LogP contribution in [0.5, 0.6) is 0 Å². The summed E-state index contributed by atoms with van der Waals surface area (Å²) in [6.07, 6.45) is -3.45. The predicted molar refractivity (Wildman–Crippen MR) is 92.7 cm³/mol. The number of halogens is 3. The van der Waals surface area contributed by atoms with E-state index in [9.17, 15) is 18.0 Å². The molecular weight excluding hydrogens is 359 g/mol. The molecule has 2 aromatic rings. The first-order chi connectivity index (χ1) is 12.5. The third-order valence-electron chi connectivity index (χ3n) is 4.90. The first-order valence-corrected chi connectivity index (χ1v) is 8.48. The lowest BCUT2D eigenvalue weighted by Crippen LogP contribution is -2.36. The van der Waals surface area contributed by atoms with Gasteiger partial charge in [-0.15, -0.1) is 5.10 Å². The molecule has 0 amide bonds. The highest BCUT2D eigenvalue weighted by Gasteiger charge is 2.42. The topological polar surface area (TPSA) is 85.8 Å². The van der Waals surface area contributed by atoms with Gasteiger partial charge < -0.3 is 11.1 Å². The molecule has 9 heteroatoms. The molecule has 1 aromatic heterocycles. The quantitative estimate of drug-likeness (QED) is 0.794. The van der Waals surface area contributed by atoms with Crippen LogP contribution in [0.15, 0.2) is 35.5 Å². The summed E-state index contributed by atoms with van der Waals surface area (Å²) in [7, 11) is 0. The highest BCUT2D eigenvalue weighted by Crippen LogP contribution is 2.45. The number of Topliss-reactive ketones (excluding diaryl/α,β-unsaturated/α-hetero) is 1. The summed E-state index contributed by atoms with van der Waals surface area (Å²) >= 11 is 0. The van der Waals surface area contributed by atoms with Gasteiger partial charge in [-0.05, 0) is 29.5 Å². The largest absolute Gasteiger partial charge is 0.416 e. The zero-order valence-corrected chi connectivity index (χ0v) is 14.8. The highest BCUT2D eigenvalue weighted by molar-refractivity contribution is 6.00. The fraction of sp³-hybridized carbons (Fsp3) is 0.389. The molecule has 0 bridgehead atoms. The zero-order chi connectivity index (χ0) is 19.6. The smallest absolute Gasteiger partial charge is 0.366 e. The second-order valence-electron chi connectivity index (χ2n) is 7.72. The number of nitrogens with one attached hydrogen (secondary N) is 1. The second kappa shape index (κ2) is 5.58. The van der Waals surface area contributed by atoms with E-state index in [0.717, 1.165) is 17.8 Å². The Labute approximate surface area is 153 Å². The van der Waals surface area contributed by atoms with Crippen molar-refractivity contribution in [2.45, 2.75) is 38.9 Å². The average Bonchev–Trinajstić information content (AvgIpc) is 2.90. The van der Waals surface area contributed by atoms with Gasteiger partial charge in [0, 0.05) is 17.7 Å². The maximum absolute atomic E-state index is 12.9. The van der Waals surface area contributed by atoms with Crippen LogP contribution >= 0.6 is 0 Å².